The molecule has 1 saturated carbocycles. The quantitative estimate of drug-likeness (QED) is 0.890. The van der Waals surface area contributed by atoms with Crippen LogP contribution < -0.4 is 4.74 Å². The van der Waals surface area contributed by atoms with Crippen LogP contribution >= 0.6 is 0 Å². The molecule has 0 atom stereocenters. The normalized spacial score (nSPS) is 23.6. The summed E-state index contributed by atoms with van der Waals surface area (Å²) in [6, 6.07) is 15.0. The van der Waals surface area contributed by atoms with E-state index in [9.17, 15) is 18.3 Å². The molecule has 0 unspecified atom stereocenters. The minimum absolute atomic E-state index is 0.0682. The van der Waals surface area contributed by atoms with E-state index in [1.54, 1.807) is 0 Å². The van der Waals surface area contributed by atoms with Crippen molar-refractivity contribution in [3.8, 4) is 5.75 Å². The molecule has 0 spiro atoms. The Morgan fingerprint density at radius 1 is 1.00 bits per heavy atom. The van der Waals surface area contributed by atoms with Crippen LogP contribution in [0.1, 0.15) is 24.0 Å². The fourth-order valence-corrected chi connectivity index (χ4v) is 2.80. The molecule has 1 fully saturated rings. The van der Waals surface area contributed by atoms with Crippen LogP contribution in [-0.4, -0.2) is 17.6 Å². The molecule has 1 aliphatic rings. The summed E-state index contributed by atoms with van der Waals surface area (Å²) in [4.78, 5) is 0. The highest BCUT2D eigenvalue weighted by atomic mass is 19.4. The van der Waals surface area contributed by atoms with E-state index in [-0.39, 0.29) is 11.9 Å². The molecule has 6 heteroatoms. The Kier molecular flexibility index (Phi) is 4.51. The van der Waals surface area contributed by atoms with E-state index < -0.39 is 12.0 Å². The van der Waals surface area contributed by atoms with Crippen molar-refractivity contribution in [1.29, 1.82) is 0 Å². The predicted octanol–water partition coefficient (Wildman–Crippen LogP) is 4.15. The largest absolute Gasteiger partial charge is 0.573 e. The SMILES string of the molecule is OC1(c2ccc(OC(F)(F)F)cc2)CC(OCc2ccccc2)C1. The first-order valence-electron chi connectivity index (χ1n) is 7.58. The molecule has 0 bridgehead atoms. The Hall–Kier alpha value is -2.05. The van der Waals surface area contributed by atoms with Gasteiger partial charge in [0.2, 0.25) is 0 Å². The first-order chi connectivity index (χ1) is 11.3. The number of ether oxygens (including phenoxy) is 2. The lowest BCUT2D eigenvalue weighted by atomic mass is 9.73. The van der Waals surface area contributed by atoms with Gasteiger partial charge in [-0.3, -0.25) is 0 Å². The molecule has 0 amide bonds. The van der Waals surface area contributed by atoms with Gasteiger partial charge in [-0.15, -0.1) is 13.2 Å². The lowest BCUT2D eigenvalue weighted by molar-refractivity contribution is -0.274. The molecular formula is C18H17F3O3. The number of hydrogen-bond donors (Lipinski definition) is 1. The zero-order valence-electron chi connectivity index (χ0n) is 12.8. The third-order valence-corrected chi connectivity index (χ3v) is 4.08. The number of hydrogen-bond acceptors (Lipinski definition) is 3. The minimum Gasteiger partial charge on any atom is -0.406 e. The van der Waals surface area contributed by atoms with Gasteiger partial charge >= 0.3 is 6.36 Å². The molecule has 0 aromatic heterocycles. The van der Waals surface area contributed by atoms with Gasteiger partial charge in [-0.05, 0) is 23.3 Å². The molecule has 0 saturated heterocycles. The Labute approximate surface area is 137 Å². The van der Waals surface area contributed by atoms with E-state index in [1.165, 1.54) is 24.3 Å². The number of halogens is 3. The van der Waals surface area contributed by atoms with Gasteiger partial charge in [-0.1, -0.05) is 42.5 Å². The maximum Gasteiger partial charge on any atom is 0.573 e. The average Bonchev–Trinajstić information content (AvgIpc) is 2.50. The second kappa shape index (κ2) is 6.45. The zero-order chi connectivity index (χ0) is 17.2. The highest BCUT2D eigenvalue weighted by Crippen LogP contribution is 2.43. The number of benzene rings is 2. The first-order valence-corrected chi connectivity index (χ1v) is 7.58. The van der Waals surface area contributed by atoms with Crippen LogP contribution in [-0.2, 0) is 16.9 Å². The Bertz CT molecular complexity index is 662. The summed E-state index contributed by atoms with van der Waals surface area (Å²) < 4.78 is 46.0. The zero-order valence-corrected chi connectivity index (χ0v) is 12.8. The van der Waals surface area contributed by atoms with Crippen LogP contribution in [0.15, 0.2) is 54.6 Å². The molecule has 1 N–H and O–H groups in total. The van der Waals surface area contributed by atoms with Gasteiger partial charge in [0.25, 0.3) is 0 Å². The topological polar surface area (TPSA) is 38.7 Å². The summed E-state index contributed by atoms with van der Waals surface area (Å²) in [7, 11) is 0. The Balaban J connectivity index is 1.53. The van der Waals surface area contributed by atoms with Crippen molar-refractivity contribution in [3.05, 3.63) is 65.7 Å². The second-order valence-corrected chi connectivity index (χ2v) is 5.93. The summed E-state index contributed by atoms with van der Waals surface area (Å²) in [5, 5.41) is 10.5. The van der Waals surface area contributed by atoms with Crippen molar-refractivity contribution in [3.63, 3.8) is 0 Å². The monoisotopic (exact) mass is 338 g/mol. The maximum atomic E-state index is 12.1. The molecule has 0 aliphatic heterocycles. The van der Waals surface area contributed by atoms with E-state index >= 15 is 0 Å². The highest BCUT2D eigenvalue weighted by Gasteiger charge is 2.44. The van der Waals surface area contributed by atoms with Crippen molar-refractivity contribution >= 4 is 0 Å². The highest BCUT2D eigenvalue weighted by molar-refractivity contribution is 5.32. The molecule has 128 valence electrons. The average molecular weight is 338 g/mol. The van der Waals surface area contributed by atoms with Crippen molar-refractivity contribution < 1.29 is 27.8 Å². The second-order valence-electron chi connectivity index (χ2n) is 5.93. The minimum atomic E-state index is -4.72. The Morgan fingerprint density at radius 3 is 2.21 bits per heavy atom. The number of aliphatic hydroxyl groups is 1. The summed E-state index contributed by atoms with van der Waals surface area (Å²) in [5.41, 5.74) is 0.566. The molecule has 1 aliphatic carbocycles. The summed E-state index contributed by atoms with van der Waals surface area (Å²) >= 11 is 0. The molecule has 3 nitrogen and oxygen atoms in total. The van der Waals surface area contributed by atoms with Crippen LogP contribution in [0.3, 0.4) is 0 Å². The van der Waals surface area contributed by atoms with Gasteiger partial charge < -0.3 is 14.6 Å². The Morgan fingerprint density at radius 2 is 1.62 bits per heavy atom. The van der Waals surface area contributed by atoms with Crippen molar-refractivity contribution in [2.45, 2.75) is 37.5 Å². The third kappa shape index (κ3) is 4.07. The number of alkyl halides is 3. The lowest BCUT2D eigenvalue weighted by Crippen LogP contribution is -2.45. The van der Waals surface area contributed by atoms with E-state index in [0.29, 0.717) is 25.0 Å². The van der Waals surface area contributed by atoms with Gasteiger partial charge in [0.05, 0.1) is 18.3 Å². The van der Waals surface area contributed by atoms with Crippen LogP contribution in [0.4, 0.5) is 13.2 Å². The van der Waals surface area contributed by atoms with Gasteiger partial charge in [-0.25, -0.2) is 0 Å². The van der Waals surface area contributed by atoms with Crippen LogP contribution in [0.2, 0.25) is 0 Å². The smallest absolute Gasteiger partial charge is 0.406 e. The third-order valence-electron chi connectivity index (χ3n) is 4.08. The first kappa shape index (κ1) is 16.8. The molecular weight excluding hydrogens is 321 g/mol. The molecule has 24 heavy (non-hydrogen) atoms. The molecule has 0 radical (unpaired) electrons. The molecule has 0 heterocycles. The van der Waals surface area contributed by atoms with Gasteiger partial charge in [-0.2, -0.15) is 0 Å². The van der Waals surface area contributed by atoms with E-state index in [4.69, 9.17) is 4.74 Å². The van der Waals surface area contributed by atoms with Crippen LogP contribution in [0.5, 0.6) is 5.75 Å². The van der Waals surface area contributed by atoms with E-state index in [0.717, 1.165) is 5.56 Å². The standard InChI is InChI=1S/C18H17F3O3/c19-18(20,21)24-15-8-6-14(7-9-15)17(22)10-16(11-17)23-12-13-4-2-1-3-5-13/h1-9,16,22H,10-12H2. The van der Waals surface area contributed by atoms with Crippen LogP contribution in [0.25, 0.3) is 0 Å². The van der Waals surface area contributed by atoms with E-state index in [1.807, 2.05) is 30.3 Å². The maximum absolute atomic E-state index is 12.1. The van der Waals surface area contributed by atoms with Crippen molar-refractivity contribution in [2.75, 3.05) is 0 Å². The fourth-order valence-electron chi connectivity index (χ4n) is 2.80. The van der Waals surface area contributed by atoms with E-state index in [2.05, 4.69) is 4.74 Å². The van der Waals surface area contributed by atoms with Crippen molar-refractivity contribution in [2.24, 2.45) is 0 Å². The van der Waals surface area contributed by atoms with Gasteiger partial charge in [0.1, 0.15) is 5.75 Å². The van der Waals surface area contributed by atoms with Gasteiger partial charge in [0, 0.05) is 12.8 Å². The molecule has 2 aromatic rings. The molecule has 2 aromatic carbocycles. The summed E-state index contributed by atoms with van der Waals surface area (Å²) in [6.07, 6.45) is -3.95. The van der Waals surface area contributed by atoms with Crippen LogP contribution in [0, 0.1) is 0 Å². The molecule has 3 rings (SSSR count). The van der Waals surface area contributed by atoms with Crippen molar-refractivity contribution in [1.82, 2.24) is 0 Å². The fraction of sp³-hybridized carbons (Fsp3) is 0.333. The number of rotatable bonds is 5. The predicted molar refractivity (Wildman–Crippen MR) is 81.3 cm³/mol. The van der Waals surface area contributed by atoms with Gasteiger partial charge in [0.15, 0.2) is 0 Å². The lowest BCUT2D eigenvalue weighted by Gasteiger charge is -2.43. The summed E-state index contributed by atoms with van der Waals surface area (Å²) in [6.45, 7) is 0.472. The summed E-state index contributed by atoms with van der Waals surface area (Å²) in [5.74, 6) is -0.300.